The number of hydrogen-bond donors (Lipinski definition) is 1. The molecule has 0 saturated heterocycles. The summed E-state index contributed by atoms with van der Waals surface area (Å²) >= 11 is 12.0. The number of fused-ring (bicyclic) bond motifs is 1. The van der Waals surface area contributed by atoms with Crippen LogP contribution < -0.4 is 0 Å². The van der Waals surface area contributed by atoms with E-state index in [1.807, 2.05) is 37.3 Å². The summed E-state index contributed by atoms with van der Waals surface area (Å²) in [4.78, 5) is 11.6. The van der Waals surface area contributed by atoms with Crippen LogP contribution >= 0.6 is 23.2 Å². The van der Waals surface area contributed by atoms with Gasteiger partial charge in [-0.15, -0.1) is 0 Å². The minimum atomic E-state index is -0.956. The first-order valence-corrected chi connectivity index (χ1v) is 10.3. The monoisotopic (exact) mass is 453 g/mol. The van der Waals surface area contributed by atoms with Crippen molar-refractivity contribution in [3.63, 3.8) is 0 Å². The molecule has 0 spiro atoms. The van der Waals surface area contributed by atoms with Gasteiger partial charge in [0.05, 0.1) is 5.56 Å². The highest BCUT2D eigenvalue weighted by atomic mass is 35.5. The Balaban J connectivity index is 1.75. The Morgan fingerprint density at radius 1 is 1.00 bits per heavy atom. The Bertz CT molecular complexity index is 1340. The van der Waals surface area contributed by atoms with Gasteiger partial charge in [-0.05, 0) is 60.5 Å². The molecule has 0 fully saturated rings. The van der Waals surface area contributed by atoms with E-state index < -0.39 is 11.8 Å². The third-order valence-electron chi connectivity index (χ3n) is 5.22. The summed E-state index contributed by atoms with van der Waals surface area (Å²) in [6, 6.07) is 17.2. The zero-order chi connectivity index (χ0) is 22.1. The van der Waals surface area contributed by atoms with E-state index in [0.717, 1.165) is 22.3 Å². The van der Waals surface area contributed by atoms with Crippen molar-refractivity contribution in [2.75, 3.05) is 0 Å². The predicted molar refractivity (Wildman–Crippen MR) is 125 cm³/mol. The van der Waals surface area contributed by atoms with Crippen LogP contribution in [0.5, 0.6) is 0 Å². The third kappa shape index (κ3) is 4.36. The van der Waals surface area contributed by atoms with Gasteiger partial charge in [0.1, 0.15) is 5.82 Å². The van der Waals surface area contributed by atoms with Crippen LogP contribution in [0.1, 0.15) is 32.7 Å². The summed E-state index contributed by atoms with van der Waals surface area (Å²) in [6.45, 7) is 2.46. The minimum Gasteiger partial charge on any atom is -0.478 e. The van der Waals surface area contributed by atoms with Gasteiger partial charge in [0.2, 0.25) is 0 Å². The molecule has 0 aliphatic carbocycles. The van der Waals surface area contributed by atoms with Crippen molar-refractivity contribution in [3.05, 3.63) is 104 Å². The second kappa shape index (κ2) is 8.58. The fraction of sp³-hybridized carbons (Fsp3) is 0.0800. The summed E-state index contributed by atoms with van der Waals surface area (Å²) in [5, 5.41) is 11.1. The highest BCUT2D eigenvalue weighted by Crippen LogP contribution is 2.27. The fourth-order valence-corrected chi connectivity index (χ4v) is 4.00. The molecule has 6 heteroatoms. The molecule has 1 N–H and O–H groups in total. The minimum absolute atomic E-state index is 0.272. The largest absolute Gasteiger partial charge is 0.478 e. The normalized spacial score (nSPS) is 11.5. The first-order valence-electron chi connectivity index (χ1n) is 9.57. The Labute approximate surface area is 189 Å². The van der Waals surface area contributed by atoms with E-state index in [9.17, 15) is 14.3 Å². The van der Waals surface area contributed by atoms with Gasteiger partial charge >= 0.3 is 5.97 Å². The van der Waals surface area contributed by atoms with Crippen molar-refractivity contribution in [3.8, 4) is 0 Å². The maximum Gasteiger partial charge on any atom is 0.336 e. The summed E-state index contributed by atoms with van der Waals surface area (Å²) in [7, 11) is 0. The number of aromatic nitrogens is 1. The molecule has 1 heterocycles. The van der Waals surface area contributed by atoms with Crippen LogP contribution in [0.3, 0.4) is 0 Å². The SMILES string of the molecule is Cc1cc2c(C(=O)O)cccc2n1Cc1ccc(Cl)cc1/C=C/c1ccc(Cl)cc1F. The van der Waals surface area contributed by atoms with Crippen molar-refractivity contribution >= 4 is 52.2 Å². The van der Waals surface area contributed by atoms with Crippen molar-refractivity contribution < 1.29 is 14.3 Å². The van der Waals surface area contributed by atoms with Crippen molar-refractivity contribution in [1.82, 2.24) is 4.57 Å². The molecule has 0 bridgehead atoms. The van der Waals surface area contributed by atoms with Crippen LogP contribution in [0.2, 0.25) is 10.0 Å². The second-order valence-electron chi connectivity index (χ2n) is 7.26. The Morgan fingerprint density at radius 3 is 2.45 bits per heavy atom. The summed E-state index contributed by atoms with van der Waals surface area (Å²) < 4.78 is 16.2. The van der Waals surface area contributed by atoms with Crippen LogP contribution in [0.15, 0.2) is 60.7 Å². The first-order chi connectivity index (χ1) is 14.8. The zero-order valence-electron chi connectivity index (χ0n) is 16.6. The maximum atomic E-state index is 14.2. The summed E-state index contributed by atoms with van der Waals surface area (Å²) in [5.41, 5.74) is 4.29. The van der Waals surface area contributed by atoms with Crippen molar-refractivity contribution in [2.24, 2.45) is 0 Å². The smallest absolute Gasteiger partial charge is 0.336 e. The van der Waals surface area contributed by atoms with Gasteiger partial charge in [-0.1, -0.05) is 53.6 Å². The number of hydrogen-bond acceptors (Lipinski definition) is 1. The average molecular weight is 454 g/mol. The maximum absolute atomic E-state index is 14.2. The Hall–Kier alpha value is -3.08. The Morgan fingerprint density at radius 2 is 1.71 bits per heavy atom. The molecule has 0 aliphatic heterocycles. The number of aryl methyl sites for hydroxylation is 1. The summed E-state index contributed by atoms with van der Waals surface area (Å²) in [6.07, 6.45) is 3.50. The lowest BCUT2D eigenvalue weighted by molar-refractivity contribution is 0.0699. The van der Waals surface area contributed by atoms with Gasteiger partial charge in [0, 0.05) is 38.8 Å². The second-order valence-corrected chi connectivity index (χ2v) is 8.13. The predicted octanol–water partition coefficient (Wildman–Crippen LogP) is 7.31. The van der Waals surface area contributed by atoms with E-state index in [-0.39, 0.29) is 5.56 Å². The van der Waals surface area contributed by atoms with Crippen molar-refractivity contribution in [2.45, 2.75) is 13.5 Å². The van der Waals surface area contributed by atoms with Gasteiger partial charge in [0.25, 0.3) is 0 Å². The molecule has 4 rings (SSSR count). The molecule has 0 aliphatic rings. The molecule has 3 nitrogen and oxygen atoms in total. The molecule has 0 radical (unpaired) electrons. The van der Waals surface area contributed by atoms with Gasteiger partial charge < -0.3 is 9.67 Å². The number of rotatable bonds is 5. The highest BCUT2D eigenvalue weighted by Gasteiger charge is 2.14. The van der Waals surface area contributed by atoms with Gasteiger partial charge in [-0.2, -0.15) is 0 Å². The zero-order valence-corrected chi connectivity index (χ0v) is 18.1. The van der Waals surface area contributed by atoms with Crippen LogP contribution in [0.4, 0.5) is 4.39 Å². The van der Waals surface area contributed by atoms with Crippen LogP contribution in [-0.2, 0) is 6.54 Å². The van der Waals surface area contributed by atoms with E-state index in [4.69, 9.17) is 23.2 Å². The van der Waals surface area contributed by atoms with Gasteiger partial charge in [-0.3, -0.25) is 0 Å². The number of nitrogens with zero attached hydrogens (tertiary/aromatic N) is 1. The lowest BCUT2D eigenvalue weighted by Gasteiger charge is -2.12. The molecule has 31 heavy (non-hydrogen) atoms. The molecule has 0 atom stereocenters. The molecule has 0 unspecified atom stereocenters. The summed E-state index contributed by atoms with van der Waals surface area (Å²) in [5.74, 6) is -1.36. The lowest BCUT2D eigenvalue weighted by atomic mass is 10.0. The quantitative estimate of drug-likeness (QED) is 0.321. The van der Waals surface area contributed by atoms with Crippen molar-refractivity contribution in [1.29, 1.82) is 0 Å². The topological polar surface area (TPSA) is 42.2 Å². The lowest BCUT2D eigenvalue weighted by Crippen LogP contribution is -2.04. The van der Waals surface area contributed by atoms with Crippen LogP contribution in [0.25, 0.3) is 23.1 Å². The van der Waals surface area contributed by atoms with E-state index in [2.05, 4.69) is 4.57 Å². The first kappa shape index (κ1) is 21.2. The van der Waals surface area contributed by atoms with Crippen LogP contribution in [0, 0.1) is 12.7 Å². The molecule has 1 aromatic heterocycles. The van der Waals surface area contributed by atoms with E-state index in [1.165, 1.54) is 6.07 Å². The highest BCUT2D eigenvalue weighted by molar-refractivity contribution is 6.31. The number of benzene rings is 3. The van der Waals surface area contributed by atoms with E-state index in [1.54, 1.807) is 36.4 Å². The van der Waals surface area contributed by atoms with Gasteiger partial charge in [0.15, 0.2) is 0 Å². The molecular weight excluding hydrogens is 436 g/mol. The van der Waals surface area contributed by atoms with Gasteiger partial charge in [-0.25, -0.2) is 9.18 Å². The molecule has 156 valence electrons. The molecule has 0 amide bonds. The number of carboxylic acid groups (broad SMARTS) is 1. The molecule has 3 aromatic carbocycles. The average Bonchev–Trinajstić information content (AvgIpc) is 3.04. The number of halogens is 3. The fourth-order valence-electron chi connectivity index (χ4n) is 3.66. The van der Waals surface area contributed by atoms with Crippen LogP contribution in [-0.4, -0.2) is 15.6 Å². The molecular formula is C25H18Cl2FNO2. The van der Waals surface area contributed by atoms with E-state index >= 15 is 0 Å². The molecule has 4 aromatic rings. The third-order valence-corrected chi connectivity index (χ3v) is 5.69. The standard InChI is InChI=1S/C25H18Cl2FNO2/c1-15-11-22-21(25(30)31)3-2-4-24(22)29(15)14-18-8-10-19(26)12-17(18)6-5-16-7-9-20(27)13-23(16)28/h2-13H,14H2,1H3,(H,30,31)/b6-5+. The number of aromatic carboxylic acids is 1. The molecule has 0 saturated carbocycles. The number of carboxylic acids is 1. The number of carbonyl (C=O) groups is 1. The Kier molecular flexibility index (Phi) is 5.86. The van der Waals surface area contributed by atoms with E-state index in [0.29, 0.717) is 27.5 Å².